The summed E-state index contributed by atoms with van der Waals surface area (Å²) in [6.07, 6.45) is 5.67. The number of likely N-dealkylation sites (tertiary alicyclic amines) is 1. The van der Waals surface area contributed by atoms with Gasteiger partial charge in [-0.15, -0.1) is 5.10 Å². The maximum Gasteiger partial charge on any atom is 0.350 e. The quantitative estimate of drug-likeness (QED) is 0.466. The number of piperidine rings is 1. The predicted octanol–water partition coefficient (Wildman–Crippen LogP) is 3.31. The second-order valence-corrected chi connectivity index (χ2v) is 8.49. The zero-order valence-electron chi connectivity index (χ0n) is 18.8. The number of benzene rings is 1. The lowest BCUT2D eigenvalue weighted by Crippen LogP contribution is -2.45. The molecule has 1 saturated heterocycles. The number of pyridine rings is 1. The van der Waals surface area contributed by atoms with E-state index in [0.29, 0.717) is 17.0 Å². The highest BCUT2D eigenvalue weighted by atomic mass is 16.5. The van der Waals surface area contributed by atoms with Crippen LogP contribution in [0.5, 0.6) is 0 Å². The first-order chi connectivity index (χ1) is 16.0. The van der Waals surface area contributed by atoms with E-state index < -0.39 is 0 Å². The SMILES string of the molecule is CC[C@@H]1CCCCN1C(=O)Cn1nc2c(-c3nc(-c4ccc(C)cc4)no3)cccn2c1=O. The van der Waals surface area contributed by atoms with Crippen molar-refractivity contribution in [2.24, 2.45) is 0 Å². The molecule has 0 N–H and O–H groups in total. The second kappa shape index (κ2) is 8.65. The summed E-state index contributed by atoms with van der Waals surface area (Å²) in [5.41, 5.74) is 2.52. The van der Waals surface area contributed by atoms with Crippen LogP contribution in [0.4, 0.5) is 0 Å². The molecule has 4 aromatic rings. The Labute approximate surface area is 190 Å². The molecule has 1 atom stereocenters. The van der Waals surface area contributed by atoms with Gasteiger partial charge >= 0.3 is 5.69 Å². The van der Waals surface area contributed by atoms with Crippen LogP contribution in [-0.2, 0) is 11.3 Å². The van der Waals surface area contributed by atoms with Gasteiger partial charge in [0.1, 0.15) is 6.54 Å². The van der Waals surface area contributed by atoms with Gasteiger partial charge in [-0.2, -0.15) is 4.98 Å². The van der Waals surface area contributed by atoms with Gasteiger partial charge in [-0.1, -0.05) is 41.9 Å². The molecule has 170 valence electrons. The van der Waals surface area contributed by atoms with E-state index in [9.17, 15) is 9.59 Å². The maximum atomic E-state index is 13.0. The molecule has 9 heteroatoms. The number of aromatic nitrogens is 5. The van der Waals surface area contributed by atoms with Crippen molar-refractivity contribution >= 4 is 11.6 Å². The Morgan fingerprint density at radius 2 is 2.00 bits per heavy atom. The largest absolute Gasteiger partial charge is 0.350 e. The first kappa shape index (κ1) is 21.1. The normalized spacial score (nSPS) is 16.4. The highest BCUT2D eigenvalue weighted by molar-refractivity contribution is 5.77. The Bertz CT molecular complexity index is 1350. The van der Waals surface area contributed by atoms with Crippen molar-refractivity contribution in [1.82, 2.24) is 29.2 Å². The number of aryl methyl sites for hydroxylation is 1. The van der Waals surface area contributed by atoms with Gasteiger partial charge in [-0.3, -0.25) is 4.79 Å². The fraction of sp³-hybridized carbons (Fsp3) is 0.375. The van der Waals surface area contributed by atoms with Gasteiger partial charge in [-0.05, 0) is 44.7 Å². The number of rotatable bonds is 5. The molecule has 4 heterocycles. The number of nitrogens with zero attached hydrogens (tertiary/aromatic N) is 6. The van der Waals surface area contributed by atoms with Gasteiger partial charge in [0.25, 0.3) is 5.89 Å². The minimum atomic E-state index is -0.372. The highest BCUT2D eigenvalue weighted by Gasteiger charge is 2.26. The van der Waals surface area contributed by atoms with Crippen molar-refractivity contribution in [3.8, 4) is 22.8 Å². The molecular formula is C24H26N6O3. The summed E-state index contributed by atoms with van der Waals surface area (Å²) >= 11 is 0. The van der Waals surface area contributed by atoms with Crippen LogP contribution in [0, 0.1) is 6.92 Å². The summed E-state index contributed by atoms with van der Waals surface area (Å²) in [5.74, 6) is 0.648. The van der Waals surface area contributed by atoms with Gasteiger partial charge in [0, 0.05) is 24.3 Å². The predicted molar refractivity (Wildman–Crippen MR) is 123 cm³/mol. The molecule has 9 nitrogen and oxygen atoms in total. The third-order valence-corrected chi connectivity index (χ3v) is 6.28. The zero-order chi connectivity index (χ0) is 22.9. The summed E-state index contributed by atoms with van der Waals surface area (Å²) in [5, 5.41) is 8.55. The van der Waals surface area contributed by atoms with Crippen LogP contribution >= 0.6 is 0 Å². The molecular weight excluding hydrogens is 420 g/mol. The number of carbonyl (C=O) groups excluding carboxylic acids is 1. The molecule has 1 amide bonds. The van der Waals surface area contributed by atoms with E-state index in [2.05, 4.69) is 22.2 Å². The number of hydrogen-bond acceptors (Lipinski definition) is 6. The molecule has 0 bridgehead atoms. The van der Waals surface area contributed by atoms with E-state index >= 15 is 0 Å². The van der Waals surface area contributed by atoms with Crippen LogP contribution in [-0.4, -0.2) is 47.7 Å². The summed E-state index contributed by atoms with van der Waals surface area (Å²) < 4.78 is 8.13. The van der Waals surface area contributed by atoms with Gasteiger partial charge in [-0.25, -0.2) is 13.9 Å². The van der Waals surface area contributed by atoms with E-state index in [1.165, 1.54) is 9.08 Å². The fourth-order valence-corrected chi connectivity index (χ4v) is 4.43. The lowest BCUT2D eigenvalue weighted by molar-refractivity contribution is -0.135. The maximum absolute atomic E-state index is 13.0. The average molecular weight is 447 g/mol. The monoisotopic (exact) mass is 446 g/mol. The van der Waals surface area contributed by atoms with E-state index in [1.54, 1.807) is 18.3 Å². The molecule has 0 aliphatic carbocycles. The van der Waals surface area contributed by atoms with Crippen molar-refractivity contribution in [2.75, 3.05) is 6.54 Å². The third kappa shape index (κ3) is 3.94. The molecule has 33 heavy (non-hydrogen) atoms. The van der Waals surface area contributed by atoms with Crippen LogP contribution in [0.3, 0.4) is 0 Å². The van der Waals surface area contributed by atoms with Crippen LogP contribution in [0.1, 0.15) is 38.2 Å². The number of fused-ring (bicyclic) bond motifs is 1. The van der Waals surface area contributed by atoms with Gasteiger partial charge in [0.2, 0.25) is 11.7 Å². The zero-order valence-corrected chi connectivity index (χ0v) is 18.8. The third-order valence-electron chi connectivity index (χ3n) is 6.28. The minimum Gasteiger partial charge on any atom is -0.338 e. The standard InChI is InChI=1S/C24H26N6O3/c1-3-18-7-4-5-13-28(18)20(31)15-30-24(32)29-14-6-8-19(22(29)26-30)23-25-21(27-33-23)17-11-9-16(2)10-12-17/h6,8-12,14,18H,3-5,7,13,15H2,1-2H3/t18-/m1/s1. The van der Waals surface area contributed by atoms with Crippen LogP contribution in [0.25, 0.3) is 28.5 Å². The molecule has 0 unspecified atom stereocenters. The van der Waals surface area contributed by atoms with E-state index in [0.717, 1.165) is 43.4 Å². The molecule has 0 spiro atoms. The number of amides is 1. The van der Waals surface area contributed by atoms with Crippen molar-refractivity contribution in [3.63, 3.8) is 0 Å². The van der Waals surface area contributed by atoms with Crippen LogP contribution < -0.4 is 5.69 Å². The second-order valence-electron chi connectivity index (χ2n) is 8.49. The van der Waals surface area contributed by atoms with Gasteiger partial charge in [0.05, 0.1) is 5.56 Å². The summed E-state index contributed by atoms with van der Waals surface area (Å²) in [6, 6.07) is 11.6. The Morgan fingerprint density at radius 3 is 2.79 bits per heavy atom. The van der Waals surface area contributed by atoms with Crippen LogP contribution in [0.2, 0.25) is 0 Å². The molecule has 5 rings (SSSR count). The van der Waals surface area contributed by atoms with E-state index in [-0.39, 0.29) is 30.1 Å². The molecule has 0 saturated carbocycles. The topological polar surface area (TPSA) is 98.5 Å². The van der Waals surface area contributed by atoms with Crippen molar-refractivity contribution in [2.45, 2.75) is 52.1 Å². The smallest absolute Gasteiger partial charge is 0.338 e. The Hall–Kier alpha value is -3.75. The first-order valence-corrected chi connectivity index (χ1v) is 11.3. The molecule has 0 radical (unpaired) electrons. The molecule has 1 aromatic carbocycles. The Morgan fingerprint density at radius 1 is 1.18 bits per heavy atom. The molecule has 1 aliphatic heterocycles. The summed E-state index contributed by atoms with van der Waals surface area (Å²) in [7, 11) is 0. The lowest BCUT2D eigenvalue weighted by atomic mass is 10.00. The van der Waals surface area contributed by atoms with Gasteiger partial charge in [0.15, 0.2) is 5.65 Å². The number of hydrogen-bond donors (Lipinski definition) is 0. The van der Waals surface area contributed by atoms with Gasteiger partial charge < -0.3 is 9.42 Å². The Kier molecular flexibility index (Phi) is 5.53. The minimum absolute atomic E-state index is 0.0759. The van der Waals surface area contributed by atoms with Crippen LogP contribution in [0.15, 0.2) is 51.9 Å². The van der Waals surface area contributed by atoms with E-state index in [1.807, 2.05) is 36.1 Å². The molecule has 1 fully saturated rings. The van der Waals surface area contributed by atoms with E-state index in [4.69, 9.17) is 4.52 Å². The summed E-state index contributed by atoms with van der Waals surface area (Å²) in [6.45, 7) is 4.75. The molecule has 3 aromatic heterocycles. The fourth-order valence-electron chi connectivity index (χ4n) is 4.43. The highest BCUT2D eigenvalue weighted by Crippen LogP contribution is 2.25. The van der Waals surface area contributed by atoms with Crippen molar-refractivity contribution in [1.29, 1.82) is 0 Å². The number of carbonyl (C=O) groups is 1. The Balaban J connectivity index is 1.46. The van der Waals surface area contributed by atoms with Crippen molar-refractivity contribution < 1.29 is 9.32 Å². The lowest BCUT2D eigenvalue weighted by Gasteiger charge is -2.35. The van der Waals surface area contributed by atoms with Crippen molar-refractivity contribution in [3.05, 3.63) is 58.6 Å². The first-order valence-electron chi connectivity index (χ1n) is 11.3. The summed E-state index contributed by atoms with van der Waals surface area (Å²) in [4.78, 5) is 32.3. The average Bonchev–Trinajstić information content (AvgIpc) is 3.45. The molecule has 1 aliphatic rings.